The van der Waals surface area contributed by atoms with Gasteiger partial charge in [-0.15, -0.1) is 0 Å². The van der Waals surface area contributed by atoms with Gasteiger partial charge in [-0.3, -0.25) is 10.1 Å². The second kappa shape index (κ2) is 8.89. The summed E-state index contributed by atoms with van der Waals surface area (Å²) in [6.07, 6.45) is 3.08. The van der Waals surface area contributed by atoms with Crippen LogP contribution in [0.25, 0.3) is 0 Å². The van der Waals surface area contributed by atoms with Crippen LogP contribution in [0, 0.1) is 0 Å². The van der Waals surface area contributed by atoms with Crippen molar-refractivity contribution in [3.8, 4) is 0 Å². The molecular weight excluding hydrogens is 298 g/mol. The Morgan fingerprint density at radius 3 is 2.35 bits per heavy atom. The van der Waals surface area contributed by atoms with Gasteiger partial charge in [-0.1, -0.05) is 6.92 Å². The first kappa shape index (κ1) is 19.7. The smallest absolute Gasteiger partial charge is 0.323 e. The number of carboxylic acid groups (broad SMARTS) is 1. The van der Waals surface area contributed by atoms with Crippen LogP contribution in [0.15, 0.2) is 0 Å². The second-order valence-electron chi connectivity index (χ2n) is 5.39. The minimum Gasteiger partial charge on any atom is -0.480 e. The molecule has 5 nitrogen and oxygen atoms in total. The van der Waals surface area contributed by atoms with Crippen molar-refractivity contribution in [1.82, 2.24) is 5.32 Å². The molecule has 1 atom stereocenters. The van der Waals surface area contributed by atoms with Gasteiger partial charge < -0.3 is 5.11 Å². The molecule has 120 valence electrons. The molecule has 0 aliphatic heterocycles. The lowest BCUT2D eigenvalue weighted by molar-refractivity contribution is -0.145. The van der Waals surface area contributed by atoms with Gasteiger partial charge in [0.25, 0.3) is 0 Å². The third-order valence-corrected chi connectivity index (χ3v) is 5.34. The number of aliphatic carboxylic acids is 1. The van der Waals surface area contributed by atoms with Crippen molar-refractivity contribution in [3.05, 3.63) is 0 Å². The summed E-state index contributed by atoms with van der Waals surface area (Å²) in [6, 6.07) is 0.115. The van der Waals surface area contributed by atoms with E-state index >= 15 is 0 Å². The van der Waals surface area contributed by atoms with Crippen molar-refractivity contribution in [1.29, 1.82) is 0 Å². The Hall–Kier alpha value is -0.270. The molecule has 0 radical (unpaired) electrons. The number of hydrogen-bond donors (Lipinski definition) is 2. The van der Waals surface area contributed by atoms with E-state index in [1.165, 1.54) is 6.26 Å². The molecule has 2 N–H and O–H groups in total. The van der Waals surface area contributed by atoms with Crippen molar-refractivity contribution < 1.29 is 18.3 Å². The van der Waals surface area contributed by atoms with Gasteiger partial charge in [0.1, 0.15) is 15.4 Å². The zero-order valence-electron chi connectivity index (χ0n) is 12.8. The molecule has 7 heteroatoms. The summed E-state index contributed by atoms with van der Waals surface area (Å²) in [6.45, 7) is 5.75. The molecule has 0 fully saturated rings. The fourth-order valence-electron chi connectivity index (χ4n) is 2.01. The number of carbonyl (C=O) groups is 1. The number of rotatable bonds is 11. The normalized spacial score (nSPS) is 15.2. The van der Waals surface area contributed by atoms with Gasteiger partial charge in [0.2, 0.25) is 0 Å². The van der Waals surface area contributed by atoms with Gasteiger partial charge in [-0.05, 0) is 38.9 Å². The summed E-state index contributed by atoms with van der Waals surface area (Å²) in [7, 11) is -2.90. The molecule has 0 aromatic rings. The highest BCUT2D eigenvalue weighted by Crippen LogP contribution is 2.20. The van der Waals surface area contributed by atoms with Gasteiger partial charge in [0.05, 0.1) is 5.75 Å². The lowest BCUT2D eigenvalue weighted by atomic mass is 9.90. The van der Waals surface area contributed by atoms with E-state index in [0.29, 0.717) is 18.6 Å². The molecule has 0 amide bonds. The first-order chi connectivity index (χ1) is 9.13. The standard InChI is InChI=1S/C13H27NO4S2/c1-5-13(12(15)16,14-11(2)3)7-6-8-19-9-10-20(4,17)18/h11,14H,5-10H2,1-4H3,(H,15,16). The maximum Gasteiger partial charge on any atom is 0.323 e. The van der Waals surface area contributed by atoms with E-state index in [0.717, 1.165) is 12.2 Å². The summed E-state index contributed by atoms with van der Waals surface area (Å²) in [4.78, 5) is 11.5. The van der Waals surface area contributed by atoms with Gasteiger partial charge in [-0.2, -0.15) is 11.8 Å². The molecule has 0 heterocycles. The van der Waals surface area contributed by atoms with Gasteiger partial charge >= 0.3 is 5.97 Å². The maximum atomic E-state index is 11.5. The van der Waals surface area contributed by atoms with Crippen LogP contribution in [0.5, 0.6) is 0 Å². The van der Waals surface area contributed by atoms with E-state index in [1.807, 2.05) is 20.8 Å². The van der Waals surface area contributed by atoms with Gasteiger partial charge in [-0.25, -0.2) is 8.42 Å². The van der Waals surface area contributed by atoms with Crippen LogP contribution in [0.1, 0.15) is 40.0 Å². The van der Waals surface area contributed by atoms with E-state index in [-0.39, 0.29) is 11.8 Å². The van der Waals surface area contributed by atoms with Crippen LogP contribution in [-0.2, 0) is 14.6 Å². The molecule has 20 heavy (non-hydrogen) atoms. The Morgan fingerprint density at radius 1 is 1.35 bits per heavy atom. The molecule has 0 saturated carbocycles. The molecule has 1 unspecified atom stereocenters. The van der Waals surface area contributed by atoms with Gasteiger partial charge in [0, 0.05) is 18.1 Å². The van der Waals surface area contributed by atoms with E-state index in [1.54, 1.807) is 11.8 Å². The summed E-state index contributed by atoms with van der Waals surface area (Å²) in [5.74, 6) is 0.724. The zero-order valence-corrected chi connectivity index (χ0v) is 14.4. The third kappa shape index (κ3) is 8.11. The van der Waals surface area contributed by atoms with Crippen molar-refractivity contribution in [2.45, 2.75) is 51.6 Å². The average molecular weight is 325 g/mol. The Morgan fingerprint density at radius 2 is 1.95 bits per heavy atom. The molecule has 0 aliphatic carbocycles. The number of sulfone groups is 1. The SMILES string of the molecule is CCC(CCCSCCS(C)(=O)=O)(NC(C)C)C(=O)O. The summed E-state index contributed by atoms with van der Waals surface area (Å²) in [5, 5.41) is 12.6. The van der Waals surface area contributed by atoms with Crippen molar-refractivity contribution in [2.75, 3.05) is 23.5 Å². The Kier molecular flexibility index (Phi) is 8.77. The first-order valence-electron chi connectivity index (χ1n) is 6.89. The predicted octanol–water partition coefficient (Wildman–Crippen LogP) is 1.78. The van der Waals surface area contributed by atoms with Crippen LogP contribution in [0.4, 0.5) is 0 Å². The topological polar surface area (TPSA) is 83.5 Å². The van der Waals surface area contributed by atoms with E-state index in [4.69, 9.17) is 0 Å². The largest absolute Gasteiger partial charge is 0.480 e. The highest BCUT2D eigenvalue weighted by atomic mass is 32.2. The molecule has 0 spiro atoms. The minimum absolute atomic E-state index is 0.115. The maximum absolute atomic E-state index is 11.5. The predicted molar refractivity (Wildman–Crippen MR) is 85.2 cm³/mol. The monoisotopic (exact) mass is 325 g/mol. The lowest BCUT2D eigenvalue weighted by Gasteiger charge is -2.31. The quantitative estimate of drug-likeness (QED) is 0.563. The second-order valence-corrected chi connectivity index (χ2v) is 8.87. The van der Waals surface area contributed by atoms with Crippen molar-refractivity contribution >= 4 is 27.6 Å². The highest BCUT2D eigenvalue weighted by molar-refractivity contribution is 8.00. The molecular formula is C13H27NO4S2. The summed E-state index contributed by atoms with van der Waals surface area (Å²) < 4.78 is 22.0. The van der Waals surface area contributed by atoms with Crippen LogP contribution in [0.3, 0.4) is 0 Å². The van der Waals surface area contributed by atoms with Gasteiger partial charge in [0.15, 0.2) is 0 Å². The molecule has 0 bridgehead atoms. The number of thioether (sulfide) groups is 1. The average Bonchev–Trinajstić information content (AvgIpc) is 2.29. The summed E-state index contributed by atoms with van der Waals surface area (Å²) >= 11 is 1.56. The molecule has 0 aromatic carbocycles. The molecule has 0 aromatic heterocycles. The first-order valence-corrected chi connectivity index (χ1v) is 10.1. The minimum atomic E-state index is -2.90. The van der Waals surface area contributed by atoms with Crippen LogP contribution < -0.4 is 5.32 Å². The third-order valence-electron chi connectivity index (χ3n) is 3.07. The van der Waals surface area contributed by atoms with Crippen LogP contribution >= 0.6 is 11.8 Å². The Balaban J connectivity index is 4.18. The Bertz CT molecular complexity index is 395. The van der Waals surface area contributed by atoms with Crippen molar-refractivity contribution in [3.63, 3.8) is 0 Å². The summed E-state index contributed by atoms with van der Waals surface area (Å²) in [5.41, 5.74) is -0.869. The van der Waals surface area contributed by atoms with E-state index in [9.17, 15) is 18.3 Å². The Labute approximate surface area is 126 Å². The van der Waals surface area contributed by atoms with Crippen molar-refractivity contribution in [2.24, 2.45) is 0 Å². The highest BCUT2D eigenvalue weighted by Gasteiger charge is 2.36. The fraction of sp³-hybridized carbons (Fsp3) is 0.923. The number of carboxylic acids is 1. The molecule has 0 rings (SSSR count). The number of nitrogens with one attached hydrogen (secondary N) is 1. The number of hydrogen-bond acceptors (Lipinski definition) is 5. The van der Waals surface area contributed by atoms with Crippen LogP contribution in [-0.4, -0.2) is 54.6 Å². The fourth-order valence-corrected chi connectivity index (χ4v) is 4.25. The van der Waals surface area contributed by atoms with E-state index in [2.05, 4.69) is 5.32 Å². The molecule has 0 saturated heterocycles. The van der Waals surface area contributed by atoms with E-state index < -0.39 is 21.3 Å². The lowest BCUT2D eigenvalue weighted by Crippen LogP contribution is -2.54. The molecule has 0 aliphatic rings. The zero-order chi connectivity index (χ0) is 15.8. The van der Waals surface area contributed by atoms with Crippen LogP contribution in [0.2, 0.25) is 0 Å².